The summed E-state index contributed by atoms with van der Waals surface area (Å²) in [6, 6.07) is 11.1. The van der Waals surface area contributed by atoms with Gasteiger partial charge in [-0.1, -0.05) is 17.7 Å². The monoisotopic (exact) mass is 420 g/mol. The molecule has 1 saturated heterocycles. The lowest BCUT2D eigenvalue weighted by molar-refractivity contribution is 0.0999. The highest BCUT2D eigenvalue weighted by atomic mass is 35.5. The fourth-order valence-corrected chi connectivity index (χ4v) is 4.37. The van der Waals surface area contributed by atoms with Crippen LogP contribution in [0.5, 0.6) is 0 Å². The van der Waals surface area contributed by atoms with Crippen molar-refractivity contribution in [2.24, 2.45) is 0 Å². The molecule has 0 spiro atoms. The van der Waals surface area contributed by atoms with Crippen LogP contribution in [0.1, 0.15) is 10.4 Å². The standard InChI is InChI=1S/C22H17ClN4O3/c1-26-15-11-16-19(25-21(30-16)12-3-2-4-13(23)9-12)20-18(15)14(22(26)28)10-17(24-20)27-5-7-29-8-6-27/h2-4,9-11H,5-8H2,1H3. The number of benzene rings is 2. The zero-order valence-electron chi connectivity index (χ0n) is 16.2. The van der Waals surface area contributed by atoms with Crippen LogP contribution in [0, 0.1) is 0 Å². The first-order chi connectivity index (χ1) is 14.6. The lowest BCUT2D eigenvalue weighted by Gasteiger charge is -2.28. The van der Waals surface area contributed by atoms with Crippen LogP contribution >= 0.6 is 11.6 Å². The van der Waals surface area contributed by atoms with Gasteiger partial charge in [-0.05, 0) is 24.3 Å². The number of carbonyl (C=O) groups excluding carboxylic acids is 1. The normalized spacial score (nSPS) is 16.3. The average Bonchev–Trinajstić information content (AvgIpc) is 3.31. The highest BCUT2D eigenvalue weighted by molar-refractivity contribution is 6.31. The topological polar surface area (TPSA) is 71.7 Å². The number of oxazole rings is 1. The molecule has 150 valence electrons. The molecule has 0 bridgehead atoms. The zero-order chi connectivity index (χ0) is 20.4. The van der Waals surface area contributed by atoms with Crippen LogP contribution in [0.4, 0.5) is 11.5 Å². The summed E-state index contributed by atoms with van der Waals surface area (Å²) in [4.78, 5) is 26.4. The minimum absolute atomic E-state index is 0.0466. The van der Waals surface area contributed by atoms with E-state index in [1.807, 2.05) is 36.4 Å². The molecule has 6 rings (SSSR count). The molecule has 30 heavy (non-hydrogen) atoms. The Hall–Kier alpha value is -3.16. The van der Waals surface area contributed by atoms with Crippen molar-refractivity contribution < 1.29 is 13.9 Å². The number of carbonyl (C=O) groups is 1. The summed E-state index contributed by atoms with van der Waals surface area (Å²) >= 11 is 6.14. The van der Waals surface area contributed by atoms with Gasteiger partial charge in [0.25, 0.3) is 5.91 Å². The van der Waals surface area contributed by atoms with Crippen LogP contribution in [0.25, 0.3) is 33.5 Å². The highest BCUT2D eigenvalue weighted by Crippen LogP contribution is 2.42. The van der Waals surface area contributed by atoms with Crippen molar-refractivity contribution in [2.75, 3.05) is 43.2 Å². The van der Waals surface area contributed by atoms with E-state index in [1.54, 1.807) is 11.9 Å². The first-order valence-electron chi connectivity index (χ1n) is 9.75. The Morgan fingerprint density at radius 1 is 1.07 bits per heavy atom. The van der Waals surface area contributed by atoms with Crippen molar-refractivity contribution in [3.63, 3.8) is 0 Å². The minimum Gasteiger partial charge on any atom is -0.436 e. The first-order valence-corrected chi connectivity index (χ1v) is 10.1. The predicted molar refractivity (Wildman–Crippen MR) is 116 cm³/mol. The molecule has 2 aliphatic rings. The number of rotatable bonds is 2. The maximum absolute atomic E-state index is 12.9. The van der Waals surface area contributed by atoms with E-state index in [1.165, 1.54) is 0 Å². The van der Waals surface area contributed by atoms with E-state index < -0.39 is 0 Å². The minimum atomic E-state index is -0.0466. The van der Waals surface area contributed by atoms with Crippen molar-refractivity contribution in [1.82, 2.24) is 9.97 Å². The van der Waals surface area contributed by atoms with Crippen LogP contribution in [0.15, 0.2) is 40.8 Å². The number of ether oxygens (including phenoxy) is 1. The van der Waals surface area contributed by atoms with Crippen LogP contribution in [0.2, 0.25) is 5.02 Å². The van der Waals surface area contributed by atoms with Gasteiger partial charge in [-0.2, -0.15) is 0 Å². The number of morpholine rings is 1. The number of hydrogen-bond acceptors (Lipinski definition) is 6. The first kappa shape index (κ1) is 17.7. The molecule has 0 atom stereocenters. The van der Waals surface area contributed by atoms with Gasteiger partial charge in [0.1, 0.15) is 16.9 Å². The molecule has 8 heteroatoms. The Bertz CT molecular complexity index is 1340. The van der Waals surface area contributed by atoms with Gasteiger partial charge in [0.2, 0.25) is 5.89 Å². The number of pyridine rings is 1. The highest BCUT2D eigenvalue weighted by Gasteiger charge is 2.32. The SMILES string of the molecule is CN1C(=O)c2cc(N3CCOCC3)nc3c2c1cc1oc(-c2cccc(Cl)c2)nc13. The second kappa shape index (κ2) is 6.42. The second-order valence-corrected chi connectivity index (χ2v) is 7.92. The van der Waals surface area contributed by atoms with Crippen molar-refractivity contribution in [1.29, 1.82) is 0 Å². The van der Waals surface area contributed by atoms with Crippen LogP contribution in [-0.4, -0.2) is 49.2 Å². The lowest BCUT2D eigenvalue weighted by atomic mass is 10.1. The molecular formula is C22H17ClN4O3. The largest absolute Gasteiger partial charge is 0.436 e. The molecule has 0 aliphatic carbocycles. The van der Waals surface area contributed by atoms with Gasteiger partial charge >= 0.3 is 0 Å². The number of aromatic nitrogens is 2. The maximum Gasteiger partial charge on any atom is 0.258 e. The Morgan fingerprint density at radius 3 is 2.70 bits per heavy atom. The summed E-state index contributed by atoms with van der Waals surface area (Å²) in [5, 5.41) is 1.43. The zero-order valence-corrected chi connectivity index (χ0v) is 16.9. The maximum atomic E-state index is 12.9. The third-order valence-electron chi connectivity index (χ3n) is 5.71. The van der Waals surface area contributed by atoms with Gasteiger partial charge in [0, 0.05) is 42.2 Å². The van der Waals surface area contributed by atoms with Crippen molar-refractivity contribution in [3.05, 3.63) is 47.0 Å². The number of hydrogen-bond donors (Lipinski definition) is 0. The number of amides is 1. The van der Waals surface area contributed by atoms with Crippen LogP contribution in [-0.2, 0) is 4.74 Å². The molecule has 2 aromatic carbocycles. The number of nitrogens with zero attached hydrogens (tertiary/aromatic N) is 4. The summed E-state index contributed by atoms with van der Waals surface area (Å²) in [7, 11) is 1.77. The molecule has 1 amide bonds. The van der Waals surface area contributed by atoms with Gasteiger partial charge < -0.3 is 19.0 Å². The van der Waals surface area contributed by atoms with E-state index in [9.17, 15) is 4.79 Å². The Kier molecular flexibility index (Phi) is 3.78. The average molecular weight is 421 g/mol. The van der Waals surface area contributed by atoms with Crippen molar-refractivity contribution in [3.8, 4) is 11.5 Å². The Morgan fingerprint density at radius 2 is 1.90 bits per heavy atom. The van der Waals surface area contributed by atoms with Gasteiger partial charge in [-0.3, -0.25) is 4.79 Å². The van der Waals surface area contributed by atoms with E-state index in [-0.39, 0.29) is 5.91 Å². The van der Waals surface area contributed by atoms with Crippen molar-refractivity contribution in [2.45, 2.75) is 0 Å². The molecule has 0 saturated carbocycles. The van der Waals surface area contributed by atoms with E-state index >= 15 is 0 Å². The Labute approximate surface area is 176 Å². The molecule has 0 radical (unpaired) electrons. The summed E-state index contributed by atoms with van der Waals surface area (Å²) < 4.78 is 11.5. The molecule has 1 fully saturated rings. The van der Waals surface area contributed by atoms with E-state index in [2.05, 4.69) is 4.90 Å². The smallest absolute Gasteiger partial charge is 0.258 e. The number of anilines is 2. The van der Waals surface area contributed by atoms with Gasteiger partial charge in [0.05, 0.1) is 24.5 Å². The third-order valence-corrected chi connectivity index (χ3v) is 5.95. The van der Waals surface area contributed by atoms with Gasteiger partial charge in [0.15, 0.2) is 5.58 Å². The van der Waals surface area contributed by atoms with Crippen molar-refractivity contribution >= 4 is 51.0 Å². The van der Waals surface area contributed by atoms with E-state index in [0.29, 0.717) is 46.3 Å². The number of halogens is 1. The lowest BCUT2D eigenvalue weighted by Crippen LogP contribution is -2.36. The fourth-order valence-electron chi connectivity index (χ4n) is 4.18. The predicted octanol–water partition coefficient (Wildman–Crippen LogP) is 4.12. The molecule has 2 aromatic heterocycles. The molecular weight excluding hydrogens is 404 g/mol. The third kappa shape index (κ3) is 2.52. The molecule has 4 aromatic rings. The molecule has 0 N–H and O–H groups in total. The quantitative estimate of drug-likeness (QED) is 0.485. The van der Waals surface area contributed by atoms with Crippen LogP contribution < -0.4 is 9.80 Å². The number of fused-ring (bicyclic) bond motifs is 2. The Balaban J connectivity index is 1.63. The van der Waals surface area contributed by atoms with E-state index in [4.69, 9.17) is 30.7 Å². The molecule has 7 nitrogen and oxygen atoms in total. The van der Waals surface area contributed by atoms with Crippen LogP contribution in [0.3, 0.4) is 0 Å². The van der Waals surface area contributed by atoms with Gasteiger partial charge in [-0.25, -0.2) is 9.97 Å². The molecule has 4 heterocycles. The molecule has 2 aliphatic heterocycles. The summed E-state index contributed by atoms with van der Waals surface area (Å²) in [5.74, 6) is 1.19. The second-order valence-electron chi connectivity index (χ2n) is 7.49. The summed E-state index contributed by atoms with van der Waals surface area (Å²) in [6.07, 6.45) is 0. The summed E-state index contributed by atoms with van der Waals surface area (Å²) in [5.41, 5.74) is 4.13. The van der Waals surface area contributed by atoms with Gasteiger partial charge in [-0.15, -0.1) is 0 Å². The fraction of sp³-hybridized carbons (Fsp3) is 0.227. The van der Waals surface area contributed by atoms with E-state index in [0.717, 1.165) is 35.5 Å². The molecule has 0 unspecified atom stereocenters. The summed E-state index contributed by atoms with van der Waals surface area (Å²) in [6.45, 7) is 2.75.